The van der Waals surface area contributed by atoms with Gasteiger partial charge in [0.25, 0.3) is 0 Å². The highest BCUT2D eigenvalue weighted by molar-refractivity contribution is 6.55. The number of halogens is 2. The molecular formula is C14H19BF2N2O2. The Morgan fingerprint density at radius 1 is 1.19 bits per heavy atom. The van der Waals surface area contributed by atoms with Gasteiger partial charge in [0.1, 0.15) is 0 Å². The predicted octanol–water partition coefficient (Wildman–Crippen LogP) is 2.33. The highest BCUT2D eigenvalue weighted by Crippen LogP contribution is 2.38. The van der Waals surface area contributed by atoms with Crippen LogP contribution in [0.25, 0.3) is 6.08 Å². The van der Waals surface area contributed by atoms with Crippen molar-refractivity contribution in [2.24, 2.45) is 5.73 Å². The summed E-state index contributed by atoms with van der Waals surface area (Å²) in [5, 5.41) is 0. The van der Waals surface area contributed by atoms with E-state index >= 15 is 0 Å². The number of pyridine rings is 1. The van der Waals surface area contributed by atoms with Crippen LogP contribution in [0.2, 0.25) is 0 Å². The molecule has 1 aromatic rings. The molecule has 0 bridgehead atoms. The van der Waals surface area contributed by atoms with Gasteiger partial charge < -0.3 is 15.0 Å². The van der Waals surface area contributed by atoms with Crippen LogP contribution < -0.4 is 5.73 Å². The first-order valence-electron chi connectivity index (χ1n) is 6.74. The maximum Gasteiger partial charge on any atom is 0.491 e. The van der Waals surface area contributed by atoms with Crippen molar-refractivity contribution >= 4 is 13.2 Å². The fourth-order valence-corrected chi connectivity index (χ4v) is 2.00. The number of nitrogens with two attached hydrogens (primary N) is 1. The van der Waals surface area contributed by atoms with E-state index in [9.17, 15) is 8.78 Å². The third kappa shape index (κ3) is 3.31. The maximum absolute atomic E-state index is 13.1. The molecule has 0 amide bonds. The molecule has 2 heterocycles. The first kappa shape index (κ1) is 16.1. The van der Waals surface area contributed by atoms with E-state index in [1.165, 1.54) is 0 Å². The van der Waals surface area contributed by atoms with Crippen molar-refractivity contribution in [3.63, 3.8) is 0 Å². The largest absolute Gasteiger partial charge is 0.491 e. The molecule has 0 unspecified atom stereocenters. The van der Waals surface area contributed by atoms with Gasteiger partial charge in [-0.1, -0.05) is 6.08 Å². The van der Waals surface area contributed by atoms with Crippen molar-refractivity contribution in [1.82, 2.24) is 4.98 Å². The van der Waals surface area contributed by atoms with Crippen LogP contribution >= 0.6 is 0 Å². The molecule has 0 saturated carbocycles. The highest BCUT2D eigenvalue weighted by atomic mass is 19.1. The molecule has 0 aromatic carbocycles. The Morgan fingerprint density at radius 3 is 2.10 bits per heavy atom. The van der Waals surface area contributed by atoms with Crippen LogP contribution in [0.15, 0.2) is 17.6 Å². The lowest BCUT2D eigenvalue weighted by Gasteiger charge is -2.32. The second kappa shape index (κ2) is 5.48. The van der Waals surface area contributed by atoms with Crippen molar-refractivity contribution in [1.29, 1.82) is 0 Å². The smallest absolute Gasteiger partial charge is 0.400 e. The third-order valence-electron chi connectivity index (χ3n) is 3.93. The molecule has 2 N–H and O–H groups in total. The monoisotopic (exact) mass is 296 g/mol. The van der Waals surface area contributed by atoms with Crippen molar-refractivity contribution in [3.8, 4) is 0 Å². The minimum Gasteiger partial charge on any atom is -0.400 e. The van der Waals surface area contributed by atoms with Crippen molar-refractivity contribution in [3.05, 3.63) is 35.1 Å². The summed E-state index contributed by atoms with van der Waals surface area (Å²) in [4.78, 5) is 3.05. The summed E-state index contributed by atoms with van der Waals surface area (Å²) in [5.74, 6) is -1.77. The molecule has 21 heavy (non-hydrogen) atoms. The molecular weight excluding hydrogens is 277 g/mol. The predicted molar refractivity (Wildman–Crippen MR) is 77.3 cm³/mol. The summed E-state index contributed by atoms with van der Waals surface area (Å²) in [6.07, 6.45) is 1.57. The summed E-state index contributed by atoms with van der Waals surface area (Å²) in [6.45, 7) is 7.85. The molecule has 0 radical (unpaired) electrons. The SMILES string of the molecule is CC1(C)OB(C(=Cc2cc(F)nc(F)c2)CN)OC1(C)C. The molecule has 2 rings (SSSR count). The van der Waals surface area contributed by atoms with Gasteiger partial charge in [-0.3, -0.25) is 0 Å². The third-order valence-corrected chi connectivity index (χ3v) is 3.93. The van der Waals surface area contributed by atoms with Crippen molar-refractivity contribution in [2.75, 3.05) is 6.54 Å². The molecule has 1 aromatic heterocycles. The Labute approximate surface area is 123 Å². The normalized spacial score (nSPS) is 20.9. The summed E-state index contributed by atoms with van der Waals surface area (Å²) in [7, 11) is -0.640. The van der Waals surface area contributed by atoms with Crippen LogP contribution in [0.1, 0.15) is 33.3 Å². The second-order valence-electron chi connectivity index (χ2n) is 6.06. The minimum absolute atomic E-state index is 0.155. The molecule has 1 saturated heterocycles. The fraction of sp³-hybridized carbons (Fsp3) is 0.500. The van der Waals surface area contributed by atoms with E-state index in [0.717, 1.165) is 12.1 Å². The lowest BCUT2D eigenvalue weighted by molar-refractivity contribution is 0.00578. The van der Waals surface area contributed by atoms with Gasteiger partial charge in [0.2, 0.25) is 11.9 Å². The van der Waals surface area contributed by atoms with E-state index in [4.69, 9.17) is 15.0 Å². The lowest BCUT2D eigenvalue weighted by Crippen LogP contribution is -2.41. The average molecular weight is 296 g/mol. The Morgan fingerprint density at radius 2 is 1.67 bits per heavy atom. The standard InChI is InChI=1S/C14H19BF2N2O2/c1-13(2)14(3,4)21-15(20-13)10(8-18)5-9-6-11(16)19-12(17)7-9/h5-7H,8,18H2,1-4H3. The van der Waals surface area contributed by atoms with Gasteiger partial charge in [-0.05, 0) is 38.7 Å². The Hall–Kier alpha value is -1.31. The van der Waals surface area contributed by atoms with E-state index in [0.29, 0.717) is 11.0 Å². The van der Waals surface area contributed by atoms with Gasteiger partial charge >= 0.3 is 7.12 Å². The number of rotatable bonds is 3. The number of hydrogen-bond donors (Lipinski definition) is 1. The number of nitrogens with zero attached hydrogens (tertiary/aromatic N) is 1. The second-order valence-corrected chi connectivity index (χ2v) is 6.06. The van der Waals surface area contributed by atoms with Crippen LogP contribution in [0.4, 0.5) is 8.78 Å². The molecule has 7 heteroatoms. The minimum atomic E-state index is -0.883. The zero-order valence-corrected chi connectivity index (χ0v) is 12.6. The van der Waals surface area contributed by atoms with Gasteiger partial charge in [0, 0.05) is 18.7 Å². The van der Waals surface area contributed by atoms with Gasteiger partial charge in [0.05, 0.1) is 11.2 Å². The van der Waals surface area contributed by atoms with E-state index in [2.05, 4.69) is 4.98 Å². The molecule has 0 atom stereocenters. The summed E-state index contributed by atoms with van der Waals surface area (Å²) >= 11 is 0. The first-order chi connectivity index (χ1) is 9.64. The fourth-order valence-electron chi connectivity index (χ4n) is 2.00. The molecule has 0 aliphatic carbocycles. The van der Waals surface area contributed by atoms with Gasteiger partial charge in [0.15, 0.2) is 0 Å². The molecule has 4 nitrogen and oxygen atoms in total. The summed E-state index contributed by atoms with van der Waals surface area (Å²) in [5.41, 5.74) is 5.66. The molecule has 1 fully saturated rings. The molecule has 1 aliphatic heterocycles. The molecule has 0 spiro atoms. The Bertz CT molecular complexity index is 540. The highest BCUT2D eigenvalue weighted by Gasteiger charge is 2.52. The van der Waals surface area contributed by atoms with Crippen LogP contribution in [-0.2, 0) is 9.31 Å². The maximum atomic E-state index is 13.1. The first-order valence-corrected chi connectivity index (χ1v) is 6.74. The summed E-state index contributed by atoms with van der Waals surface area (Å²) in [6, 6.07) is 2.26. The lowest BCUT2D eigenvalue weighted by atomic mass is 9.77. The summed E-state index contributed by atoms with van der Waals surface area (Å²) < 4.78 is 38.0. The van der Waals surface area contributed by atoms with Crippen LogP contribution in [0.5, 0.6) is 0 Å². The van der Waals surface area contributed by atoms with E-state index < -0.39 is 30.2 Å². The van der Waals surface area contributed by atoms with Crippen molar-refractivity contribution < 1.29 is 18.1 Å². The Balaban J connectivity index is 2.30. The van der Waals surface area contributed by atoms with Crippen LogP contribution in [0.3, 0.4) is 0 Å². The Kier molecular flexibility index (Phi) is 4.19. The number of aromatic nitrogens is 1. The van der Waals surface area contributed by atoms with Gasteiger partial charge in [-0.2, -0.15) is 13.8 Å². The van der Waals surface area contributed by atoms with Crippen molar-refractivity contribution in [2.45, 2.75) is 38.9 Å². The average Bonchev–Trinajstić information content (AvgIpc) is 2.54. The van der Waals surface area contributed by atoms with Crippen LogP contribution in [0, 0.1) is 11.9 Å². The van der Waals surface area contributed by atoms with Crippen LogP contribution in [-0.4, -0.2) is 29.8 Å². The van der Waals surface area contributed by atoms with E-state index in [1.54, 1.807) is 6.08 Å². The van der Waals surface area contributed by atoms with E-state index in [1.807, 2.05) is 27.7 Å². The molecule has 114 valence electrons. The topological polar surface area (TPSA) is 57.4 Å². The quantitative estimate of drug-likeness (QED) is 0.687. The van der Waals surface area contributed by atoms with Gasteiger partial charge in [-0.25, -0.2) is 0 Å². The van der Waals surface area contributed by atoms with E-state index in [-0.39, 0.29) is 6.54 Å². The van der Waals surface area contributed by atoms with Gasteiger partial charge in [-0.15, -0.1) is 0 Å². The number of hydrogen-bond acceptors (Lipinski definition) is 4. The zero-order chi connectivity index (χ0) is 15.8. The zero-order valence-electron chi connectivity index (χ0n) is 12.6. The molecule has 1 aliphatic rings.